The first-order valence-corrected chi connectivity index (χ1v) is 5.99. The second-order valence-electron chi connectivity index (χ2n) is 5.77. The summed E-state index contributed by atoms with van der Waals surface area (Å²) in [7, 11) is 0. The summed E-state index contributed by atoms with van der Waals surface area (Å²) >= 11 is 0. The molecule has 2 rings (SSSR count). The maximum atomic E-state index is 13.3. The van der Waals surface area contributed by atoms with Gasteiger partial charge in [-0.25, -0.2) is 4.39 Å². The number of benzene rings is 1. The second-order valence-corrected chi connectivity index (χ2v) is 5.77. The molecule has 19 heavy (non-hydrogen) atoms. The molecule has 0 aromatic heterocycles. The number of fused-ring (bicyclic) bond motifs is 1. The molecule has 0 saturated carbocycles. The topological polar surface area (TPSA) is 55.4 Å². The molecule has 0 saturated heterocycles. The highest BCUT2D eigenvalue weighted by atomic mass is 19.1. The highest BCUT2D eigenvalue weighted by Crippen LogP contribution is 2.39. The maximum Gasteiger partial charge on any atom is 0.326 e. The van der Waals surface area contributed by atoms with Crippen molar-refractivity contribution in [3.63, 3.8) is 0 Å². The Hall–Kier alpha value is -1.91. The third-order valence-corrected chi connectivity index (χ3v) is 3.03. The SMILES string of the molecule is CC(C)(C)OC(=O)C1(C)C(=O)Nc2ccc(F)cc21. The van der Waals surface area contributed by atoms with Gasteiger partial charge in [0.2, 0.25) is 5.91 Å². The van der Waals surface area contributed by atoms with Gasteiger partial charge in [0.15, 0.2) is 5.41 Å². The summed E-state index contributed by atoms with van der Waals surface area (Å²) in [6, 6.07) is 3.87. The molecule has 1 N–H and O–H groups in total. The molecule has 0 fully saturated rings. The molecule has 1 heterocycles. The molecule has 0 radical (unpaired) electrons. The number of hydrogen-bond donors (Lipinski definition) is 1. The largest absolute Gasteiger partial charge is 0.459 e. The molecular formula is C14H16FNO3. The molecule has 1 aliphatic heterocycles. The fourth-order valence-electron chi connectivity index (χ4n) is 1.99. The van der Waals surface area contributed by atoms with Crippen LogP contribution in [0.15, 0.2) is 18.2 Å². The average molecular weight is 265 g/mol. The van der Waals surface area contributed by atoms with Crippen molar-refractivity contribution in [1.82, 2.24) is 0 Å². The quantitative estimate of drug-likeness (QED) is 0.626. The van der Waals surface area contributed by atoms with Crippen LogP contribution in [0.3, 0.4) is 0 Å². The van der Waals surface area contributed by atoms with Crippen molar-refractivity contribution >= 4 is 17.6 Å². The van der Waals surface area contributed by atoms with Crippen LogP contribution in [0.2, 0.25) is 0 Å². The number of esters is 1. The number of anilines is 1. The van der Waals surface area contributed by atoms with E-state index in [1.807, 2.05) is 0 Å². The van der Waals surface area contributed by atoms with Crippen molar-refractivity contribution in [3.8, 4) is 0 Å². The van der Waals surface area contributed by atoms with Crippen LogP contribution in [0.5, 0.6) is 0 Å². The number of nitrogens with one attached hydrogen (secondary N) is 1. The first-order valence-electron chi connectivity index (χ1n) is 5.99. The van der Waals surface area contributed by atoms with E-state index in [1.165, 1.54) is 25.1 Å². The summed E-state index contributed by atoms with van der Waals surface area (Å²) in [6.07, 6.45) is 0. The molecule has 1 aromatic carbocycles. The Morgan fingerprint density at radius 3 is 2.58 bits per heavy atom. The molecule has 4 nitrogen and oxygen atoms in total. The Bertz CT molecular complexity index is 562. The molecular weight excluding hydrogens is 249 g/mol. The third-order valence-electron chi connectivity index (χ3n) is 3.03. The van der Waals surface area contributed by atoms with Crippen LogP contribution in [-0.4, -0.2) is 17.5 Å². The zero-order valence-electron chi connectivity index (χ0n) is 11.3. The van der Waals surface area contributed by atoms with E-state index in [2.05, 4.69) is 5.32 Å². The van der Waals surface area contributed by atoms with Crippen molar-refractivity contribution < 1.29 is 18.7 Å². The molecule has 1 atom stereocenters. The second kappa shape index (κ2) is 4.05. The predicted molar refractivity (Wildman–Crippen MR) is 68.2 cm³/mol. The smallest absolute Gasteiger partial charge is 0.326 e. The normalized spacial score (nSPS) is 21.8. The molecule has 5 heteroatoms. The van der Waals surface area contributed by atoms with Gasteiger partial charge in [-0.2, -0.15) is 0 Å². The summed E-state index contributed by atoms with van der Waals surface area (Å²) in [5, 5.41) is 2.58. The number of rotatable bonds is 1. The summed E-state index contributed by atoms with van der Waals surface area (Å²) < 4.78 is 18.6. The Kier molecular flexibility index (Phi) is 2.88. The van der Waals surface area contributed by atoms with Crippen molar-refractivity contribution in [1.29, 1.82) is 0 Å². The van der Waals surface area contributed by atoms with Crippen molar-refractivity contribution in [3.05, 3.63) is 29.6 Å². The number of carbonyl (C=O) groups excluding carboxylic acids is 2. The number of hydrogen-bond acceptors (Lipinski definition) is 3. The fourth-order valence-corrected chi connectivity index (χ4v) is 1.99. The van der Waals surface area contributed by atoms with Crippen LogP contribution in [0.4, 0.5) is 10.1 Å². The van der Waals surface area contributed by atoms with Gasteiger partial charge >= 0.3 is 5.97 Å². The highest BCUT2D eigenvalue weighted by molar-refractivity contribution is 6.19. The molecule has 0 spiro atoms. The van der Waals surface area contributed by atoms with Gasteiger partial charge in [0.1, 0.15) is 11.4 Å². The van der Waals surface area contributed by atoms with Gasteiger partial charge in [0, 0.05) is 11.3 Å². The van der Waals surface area contributed by atoms with Gasteiger partial charge in [-0.15, -0.1) is 0 Å². The van der Waals surface area contributed by atoms with Gasteiger partial charge < -0.3 is 10.1 Å². The lowest BCUT2D eigenvalue weighted by Crippen LogP contribution is -2.43. The molecule has 1 amide bonds. The van der Waals surface area contributed by atoms with E-state index in [4.69, 9.17) is 4.74 Å². The Labute approximate surface area is 110 Å². The lowest BCUT2D eigenvalue weighted by Gasteiger charge is -2.27. The van der Waals surface area contributed by atoms with Gasteiger partial charge in [0.25, 0.3) is 0 Å². The molecule has 1 aliphatic rings. The zero-order valence-corrected chi connectivity index (χ0v) is 11.3. The van der Waals surface area contributed by atoms with Crippen molar-refractivity contribution in [2.24, 2.45) is 0 Å². The first-order chi connectivity index (χ1) is 8.64. The Balaban J connectivity index is 2.47. The standard InChI is InChI=1S/C14H16FNO3/c1-13(2,3)19-12(18)14(4)9-7-8(15)5-6-10(9)16-11(14)17/h5-7H,1-4H3,(H,16,17). The fraction of sp³-hybridized carbons (Fsp3) is 0.429. The number of ether oxygens (including phenoxy) is 1. The molecule has 102 valence electrons. The summed E-state index contributed by atoms with van der Waals surface area (Å²) in [4.78, 5) is 24.3. The van der Waals surface area contributed by atoms with Crippen molar-refractivity contribution in [2.75, 3.05) is 5.32 Å². The van der Waals surface area contributed by atoms with E-state index in [9.17, 15) is 14.0 Å². The van der Waals surface area contributed by atoms with E-state index in [1.54, 1.807) is 20.8 Å². The molecule has 0 bridgehead atoms. The lowest BCUT2D eigenvalue weighted by atomic mass is 9.83. The zero-order chi connectivity index (χ0) is 14.4. The minimum Gasteiger partial charge on any atom is -0.459 e. The van der Waals surface area contributed by atoms with E-state index >= 15 is 0 Å². The minimum atomic E-state index is -1.51. The first kappa shape index (κ1) is 13.5. The van der Waals surface area contributed by atoms with E-state index < -0.39 is 28.7 Å². The van der Waals surface area contributed by atoms with Gasteiger partial charge in [0.05, 0.1) is 0 Å². The van der Waals surface area contributed by atoms with E-state index in [-0.39, 0.29) is 0 Å². The number of carbonyl (C=O) groups is 2. The van der Waals surface area contributed by atoms with Gasteiger partial charge in [-0.05, 0) is 45.9 Å². The third kappa shape index (κ3) is 2.20. The maximum absolute atomic E-state index is 13.3. The van der Waals surface area contributed by atoms with E-state index in [0.29, 0.717) is 11.3 Å². The summed E-state index contributed by atoms with van der Waals surface area (Å²) in [6.45, 7) is 6.59. The predicted octanol–water partition coefficient (Wildman–Crippen LogP) is 2.38. The van der Waals surface area contributed by atoms with Gasteiger partial charge in [-0.3, -0.25) is 9.59 Å². The molecule has 1 aromatic rings. The van der Waals surface area contributed by atoms with Crippen LogP contribution >= 0.6 is 0 Å². The molecule has 0 aliphatic carbocycles. The van der Waals surface area contributed by atoms with Gasteiger partial charge in [-0.1, -0.05) is 0 Å². The van der Waals surface area contributed by atoms with E-state index in [0.717, 1.165) is 0 Å². The Morgan fingerprint density at radius 2 is 2.00 bits per heavy atom. The average Bonchev–Trinajstić information content (AvgIpc) is 2.51. The summed E-state index contributed by atoms with van der Waals surface area (Å²) in [5.41, 5.74) is -1.47. The van der Waals surface area contributed by atoms with Crippen LogP contribution in [-0.2, 0) is 19.7 Å². The monoisotopic (exact) mass is 265 g/mol. The minimum absolute atomic E-state index is 0.312. The molecule has 1 unspecified atom stereocenters. The van der Waals surface area contributed by atoms with Crippen LogP contribution in [0.25, 0.3) is 0 Å². The Morgan fingerprint density at radius 1 is 1.37 bits per heavy atom. The number of halogens is 1. The van der Waals surface area contributed by atoms with Crippen LogP contribution in [0.1, 0.15) is 33.3 Å². The van der Waals surface area contributed by atoms with Crippen LogP contribution in [0, 0.1) is 5.82 Å². The highest BCUT2D eigenvalue weighted by Gasteiger charge is 2.51. The number of amides is 1. The van der Waals surface area contributed by atoms with Crippen molar-refractivity contribution in [2.45, 2.75) is 38.7 Å². The summed E-state index contributed by atoms with van der Waals surface area (Å²) in [5.74, 6) is -1.67. The lowest BCUT2D eigenvalue weighted by molar-refractivity contribution is -0.163. The van der Waals surface area contributed by atoms with Crippen LogP contribution < -0.4 is 5.32 Å².